The van der Waals surface area contributed by atoms with Gasteiger partial charge in [0.1, 0.15) is 0 Å². The molecule has 1 aliphatic carbocycles. The molecule has 3 aromatic rings. The van der Waals surface area contributed by atoms with Gasteiger partial charge in [-0.15, -0.1) is 0 Å². The van der Waals surface area contributed by atoms with Crippen molar-refractivity contribution in [3.8, 4) is 11.8 Å². The van der Waals surface area contributed by atoms with Crippen molar-refractivity contribution >= 4 is 11.8 Å². The highest BCUT2D eigenvalue weighted by Crippen LogP contribution is 2.38. The van der Waals surface area contributed by atoms with Crippen LogP contribution in [0, 0.1) is 17.8 Å². The van der Waals surface area contributed by atoms with Gasteiger partial charge in [0.15, 0.2) is 0 Å². The zero-order valence-electron chi connectivity index (χ0n) is 16.3. The predicted octanol–water partition coefficient (Wildman–Crippen LogP) is 4.83. The second-order valence-corrected chi connectivity index (χ2v) is 7.57. The van der Waals surface area contributed by atoms with Crippen LogP contribution in [0.15, 0.2) is 90.6 Å². The van der Waals surface area contributed by atoms with Gasteiger partial charge in [-0.25, -0.2) is 4.90 Å². The van der Waals surface area contributed by atoms with Crippen molar-refractivity contribution < 1.29 is 9.59 Å². The fourth-order valence-corrected chi connectivity index (χ4v) is 3.97. The van der Waals surface area contributed by atoms with E-state index in [9.17, 15) is 9.59 Å². The van der Waals surface area contributed by atoms with Crippen molar-refractivity contribution in [2.75, 3.05) is 0 Å². The third kappa shape index (κ3) is 3.23. The molecule has 0 radical (unpaired) electrons. The van der Waals surface area contributed by atoms with Gasteiger partial charge in [0.25, 0.3) is 11.8 Å². The second-order valence-electron chi connectivity index (χ2n) is 7.57. The number of carbonyl (C=O) groups is 2. The van der Waals surface area contributed by atoms with Gasteiger partial charge in [-0.1, -0.05) is 66.4 Å². The number of hydrogen-bond acceptors (Lipinski definition) is 2. The summed E-state index contributed by atoms with van der Waals surface area (Å²) >= 11 is 0. The zero-order valence-corrected chi connectivity index (χ0v) is 16.3. The van der Waals surface area contributed by atoms with Gasteiger partial charge < -0.3 is 0 Å². The third-order valence-electron chi connectivity index (χ3n) is 5.62. The van der Waals surface area contributed by atoms with Crippen LogP contribution < -0.4 is 0 Å². The van der Waals surface area contributed by atoms with Crippen LogP contribution >= 0.6 is 0 Å². The first kappa shape index (κ1) is 18.1. The first-order valence-corrected chi connectivity index (χ1v) is 10.0. The predicted molar refractivity (Wildman–Crippen MR) is 116 cm³/mol. The highest BCUT2D eigenvalue weighted by Gasteiger charge is 2.41. The minimum Gasteiger partial charge on any atom is -0.268 e. The number of amides is 2. The molecule has 0 aromatic heterocycles. The van der Waals surface area contributed by atoms with Crippen molar-refractivity contribution in [1.82, 2.24) is 4.90 Å². The normalized spacial score (nSPS) is 17.0. The number of fused-ring (bicyclic) bond motifs is 1. The Morgan fingerprint density at radius 2 is 1.43 bits per heavy atom. The number of carbonyl (C=O) groups excluding carboxylic acids is 2. The summed E-state index contributed by atoms with van der Waals surface area (Å²) in [5, 5.41) is 0. The molecule has 0 bridgehead atoms. The quantitative estimate of drug-likeness (QED) is 0.475. The van der Waals surface area contributed by atoms with Crippen LogP contribution in [0.3, 0.4) is 0 Å². The van der Waals surface area contributed by atoms with Crippen molar-refractivity contribution in [3.63, 3.8) is 0 Å². The highest BCUT2D eigenvalue weighted by atomic mass is 16.2. The van der Waals surface area contributed by atoms with Gasteiger partial charge in [-0.2, -0.15) is 0 Å². The lowest BCUT2D eigenvalue weighted by atomic mass is 9.84. The van der Waals surface area contributed by atoms with Crippen LogP contribution in [0.25, 0.3) is 0 Å². The maximum atomic E-state index is 13.1. The SMILES string of the molecule is O=C1c2ccc(C#Cc3ccccc3)cc2C(=O)N1C1=CCC1Cc1ccccc1. The molecule has 0 spiro atoms. The molecule has 1 atom stereocenters. The molecule has 0 saturated heterocycles. The number of hydrogen-bond donors (Lipinski definition) is 0. The summed E-state index contributed by atoms with van der Waals surface area (Å²) < 4.78 is 0. The minimum absolute atomic E-state index is 0.187. The van der Waals surface area contributed by atoms with Crippen LogP contribution in [-0.4, -0.2) is 16.7 Å². The van der Waals surface area contributed by atoms with E-state index in [2.05, 4.69) is 24.0 Å². The van der Waals surface area contributed by atoms with Crippen LogP contribution in [-0.2, 0) is 6.42 Å². The summed E-state index contributed by atoms with van der Waals surface area (Å²) in [6, 6.07) is 25.1. The largest absolute Gasteiger partial charge is 0.268 e. The summed E-state index contributed by atoms with van der Waals surface area (Å²) in [5.41, 5.74) is 4.56. The Kier molecular flexibility index (Phi) is 4.53. The van der Waals surface area contributed by atoms with E-state index in [1.165, 1.54) is 10.5 Å². The van der Waals surface area contributed by atoms with E-state index in [4.69, 9.17) is 0 Å². The molecule has 1 heterocycles. The average molecular weight is 389 g/mol. The summed E-state index contributed by atoms with van der Waals surface area (Å²) in [6.45, 7) is 0. The lowest BCUT2D eigenvalue weighted by Gasteiger charge is -2.32. The summed E-state index contributed by atoms with van der Waals surface area (Å²) in [6.07, 6.45) is 3.70. The Hall–Kier alpha value is -3.90. The number of allylic oxidation sites excluding steroid dienone is 2. The molecule has 3 nitrogen and oxygen atoms in total. The van der Waals surface area contributed by atoms with Gasteiger partial charge >= 0.3 is 0 Å². The Balaban J connectivity index is 1.38. The molecule has 2 aliphatic rings. The zero-order chi connectivity index (χ0) is 20.5. The molecule has 144 valence electrons. The Morgan fingerprint density at radius 3 is 2.13 bits per heavy atom. The smallest absolute Gasteiger partial charge is 0.265 e. The van der Waals surface area contributed by atoms with Gasteiger partial charge in [-0.05, 0) is 48.7 Å². The van der Waals surface area contributed by atoms with Gasteiger partial charge in [0, 0.05) is 22.7 Å². The Morgan fingerprint density at radius 1 is 0.767 bits per heavy atom. The lowest BCUT2D eigenvalue weighted by Crippen LogP contribution is -2.36. The summed E-state index contributed by atoms with van der Waals surface area (Å²) in [4.78, 5) is 27.4. The number of nitrogens with zero attached hydrogens (tertiary/aromatic N) is 1. The first-order valence-electron chi connectivity index (χ1n) is 10.0. The molecule has 3 heteroatoms. The molecule has 0 N–H and O–H groups in total. The molecule has 2 amide bonds. The van der Waals surface area contributed by atoms with Crippen LogP contribution in [0.5, 0.6) is 0 Å². The number of benzene rings is 3. The third-order valence-corrected chi connectivity index (χ3v) is 5.62. The maximum Gasteiger partial charge on any atom is 0.265 e. The molecular weight excluding hydrogens is 370 g/mol. The maximum absolute atomic E-state index is 13.1. The molecule has 30 heavy (non-hydrogen) atoms. The number of imide groups is 1. The Labute approximate surface area is 175 Å². The average Bonchev–Trinajstić information content (AvgIpc) is 3.01. The highest BCUT2D eigenvalue weighted by molar-refractivity contribution is 6.22. The molecule has 1 unspecified atom stereocenters. The van der Waals surface area contributed by atoms with Crippen molar-refractivity contribution in [2.24, 2.45) is 5.92 Å². The lowest BCUT2D eigenvalue weighted by molar-refractivity contribution is 0.0677. The molecule has 5 rings (SSSR count). The molecule has 0 fully saturated rings. The van der Waals surface area contributed by atoms with E-state index in [1.807, 2.05) is 54.6 Å². The van der Waals surface area contributed by atoms with Crippen molar-refractivity contribution in [2.45, 2.75) is 12.8 Å². The summed E-state index contributed by atoms with van der Waals surface area (Å²) in [5.74, 6) is 5.90. The van der Waals surface area contributed by atoms with Crippen molar-refractivity contribution in [3.05, 3.63) is 118 Å². The topological polar surface area (TPSA) is 37.4 Å². The second kappa shape index (κ2) is 7.50. The van der Waals surface area contributed by atoms with E-state index in [0.29, 0.717) is 11.1 Å². The fourth-order valence-electron chi connectivity index (χ4n) is 3.97. The molecular formula is C27H19NO2. The van der Waals surface area contributed by atoms with Crippen molar-refractivity contribution in [1.29, 1.82) is 0 Å². The van der Waals surface area contributed by atoms with Crippen LogP contribution in [0.1, 0.15) is 43.8 Å². The summed E-state index contributed by atoms with van der Waals surface area (Å²) in [7, 11) is 0. The van der Waals surface area contributed by atoms with E-state index in [1.54, 1.807) is 18.2 Å². The van der Waals surface area contributed by atoms with Gasteiger partial charge in [0.05, 0.1) is 11.1 Å². The fraction of sp³-hybridized carbons (Fsp3) is 0.111. The Bertz CT molecular complexity index is 1230. The minimum atomic E-state index is -0.248. The first-order chi connectivity index (χ1) is 14.7. The van der Waals surface area contributed by atoms with Crippen LogP contribution in [0.2, 0.25) is 0 Å². The van der Waals surface area contributed by atoms with E-state index in [0.717, 1.165) is 29.7 Å². The molecule has 1 aliphatic heterocycles. The molecule has 0 saturated carbocycles. The van der Waals surface area contributed by atoms with Crippen LogP contribution in [0.4, 0.5) is 0 Å². The molecule has 3 aromatic carbocycles. The monoisotopic (exact) mass is 389 g/mol. The number of rotatable bonds is 3. The standard InChI is InChI=1S/C27H19NO2/c29-26-23-15-13-21(12-11-19-7-3-1-4-8-19)18-24(23)27(30)28(26)25-16-14-22(25)17-20-9-5-2-6-10-20/h1-10,13,15-16,18,22H,14,17H2. The van der Waals surface area contributed by atoms with Gasteiger partial charge in [0.2, 0.25) is 0 Å². The van der Waals surface area contributed by atoms with Gasteiger partial charge in [-0.3, -0.25) is 9.59 Å². The van der Waals surface area contributed by atoms with E-state index in [-0.39, 0.29) is 17.7 Å². The van der Waals surface area contributed by atoms with E-state index < -0.39 is 0 Å². The van der Waals surface area contributed by atoms with E-state index >= 15 is 0 Å².